The van der Waals surface area contributed by atoms with E-state index in [0.29, 0.717) is 24.2 Å². The highest BCUT2D eigenvalue weighted by atomic mass is 16.7. The number of aliphatic hydroxyl groups is 1. The number of imide groups is 1. The number of furan rings is 1. The molecule has 2 amide bonds. The predicted octanol–water partition coefficient (Wildman–Crippen LogP) is 8.15. The van der Waals surface area contributed by atoms with Crippen molar-refractivity contribution in [3.8, 4) is 11.1 Å². The summed E-state index contributed by atoms with van der Waals surface area (Å²) in [4.78, 5) is 43.1. The Kier molecular flexibility index (Phi) is 15.7. The average Bonchev–Trinajstić information content (AvgIpc) is 3.92. The Balaban J connectivity index is 1.13. The number of benzene rings is 4. The van der Waals surface area contributed by atoms with Crippen LogP contribution in [0.1, 0.15) is 58.8 Å². The first-order valence-electron chi connectivity index (χ1n) is 21.6. The van der Waals surface area contributed by atoms with E-state index in [1.165, 1.54) is 7.11 Å². The van der Waals surface area contributed by atoms with Crippen LogP contribution in [0.25, 0.3) is 11.1 Å². The minimum absolute atomic E-state index is 0.0216. The number of amides is 2. The quantitative estimate of drug-likeness (QED) is 0.0460. The SMILES string of the molecule is CO[C@H]1O[C@H](CO)[C@@H](OCc2ccccc2)[C@H](OCc2ccccc2)[C@@H]1OCCCc1oc(C(=O)[C@H](Cc2ccccc2)C(=O)N2C(=O)OC[C@@H]2C(C)C)cc1-c1cccc(C)c1. The van der Waals surface area contributed by atoms with E-state index in [1.54, 1.807) is 6.07 Å². The molecule has 0 radical (unpaired) electrons. The van der Waals surface area contributed by atoms with Crippen molar-refractivity contribution >= 4 is 17.8 Å². The number of methoxy groups -OCH3 is 1. The molecular formula is C51H57NO11. The number of cyclic esters (lactones) is 1. The number of aliphatic hydroxyl groups excluding tert-OH is 1. The fourth-order valence-corrected chi connectivity index (χ4v) is 8.22. The molecule has 7 atom stereocenters. The highest BCUT2D eigenvalue weighted by Crippen LogP contribution is 2.34. The number of Topliss-reactive ketones (excluding diaryl/α,β-unsaturated/α-hetero) is 1. The number of aryl methyl sites for hydroxylation is 2. The molecule has 0 aliphatic carbocycles. The summed E-state index contributed by atoms with van der Waals surface area (Å²) in [6, 6.07) is 37.9. The second-order valence-electron chi connectivity index (χ2n) is 16.4. The van der Waals surface area contributed by atoms with Crippen molar-refractivity contribution in [3.63, 3.8) is 0 Å². The van der Waals surface area contributed by atoms with Gasteiger partial charge in [0.05, 0.1) is 25.9 Å². The smallest absolute Gasteiger partial charge is 0.417 e. The van der Waals surface area contributed by atoms with Gasteiger partial charge in [-0.05, 0) is 54.0 Å². The Morgan fingerprint density at radius 3 is 2.03 bits per heavy atom. The van der Waals surface area contributed by atoms with E-state index < -0.39 is 60.4 Å². The lowest BCUT2D eigenvalue weighted by Gasteiger charge is -2.45. The van der Waals surface area contributed by atoms with E-state index >= 15 is 0 Å². The van der Waals surface area contributed by atoms with Gasteiger partial charge in [0.25, 0.3) is 0 Å². The van der Waals surface area contributed by atoms with Gasteiger partial charge in [0.2, 0.25) is 11.7 Å². The van der Waals surface area contributed by atoms with Crippen LogP contribution in [0.2, 0.25) is 0 Å². The summed E-state index contributed by atoms with van der Waals surface area (Å²) < 4.78 is 43.5. The van der Waals surface area contributed by atoms with Crippen LogP contribution in [-0.4, -0.2) is 91.5 Å². The van der Waals surface area contributed by atoms with Crippen LogP contribution < -0.4 is 0 Å². The Morgan fingerprint density at radius 1 is 0.794 bits per heavy atom. The summed E-state index contributed by atoms with van der Waals surface area (Å²) in [6.45, 7) is 6.31. The monoisotopic (exact) mass is 859 g/mol. The Bertz CT molecular complexity index is 2250. The second kappa shape index (κ2) is 21.7. The molecule has 12 nitrogen and oxygen atoms in total. The maximum atomic E-state index is 14.6. The number of carbonyl (C=O) groups excluding carboxylic acids is 3. The van der Waals surface area contributed by atoms with E-state index in [9.17, 15) is 19.5 Å². The number of ether oxygens (including phenoxy) is 6. The van der Waals surface area contributed by atoms with Crippen LogP contribution >= 0.6 is 0 Å². The fourth-order valence-electron chi connectivity index (χ4n) is 8.22. The first-order valence-corrected chi connectivity index (χ1v) is 21.6. The molecule has 12 heteroatoms. The van der Waals surface area contributed by atoms with E-state index in [0.717, 1.165) is 32.7 Å². The summed E-state index contributed by atoms with van der Waals surface area (Å²) in [5, 5.41) is 10.5. The molecule has 0 bridgehead atoms. The summed E-state index contributed by atoms with van der Waals surface area (Å²) in [6.07, 6.45) is -3.62. The molecular weight excluding hydrogens is 803 g/mol. The first-order chi connectivity index (χ1) is 30.6. The maximum Gasteiger partial charge on any atom is 0.417 e. The first kappa shape index (κ1) is 45.6. The lowest BCUT2D eigenvalue weighted by atomic mass is 9.91. The predicted molar refractivity (Wildman–Crippen MR) is 235 cm³/mol. The van der Waals surface area contributed by atoms with Gasteiger partial charge < -0.3 is 37.9 Å². The van der Waals surface area contributed by atoms with E-state index in [4.69, 9.17) is 32.8 Å². The topological polar surface area (TPSA) is 143 Å². The van der Waals surface area contributed by atoms with Gasteiger partial charge in [-0.3, -0.25) is 9.59 Å². The number of nitrogens with zero attached hydrogens (tertiary/aromatic N) is 1. The van der Waals surface area contributed by atoms with E-state index in [2.05, 4.69) is 0 Å². The third kappa shape index (κ3) is 11.2. The number of hydrogen-bond donors (Lipinski definition) is 1. The highest BCUT2D eigenvalue weighted by molar-refractivity contribution is 6.12. The minimum atomic E-state index is -1.24. The normalized spacial score (nSPS) is 21.7. The molecule has 2 fully saturated rings. The van der Waals surface area contributed by atoms with E-state index in [-0.39, 0.29) is 51.1 Å². The van der Waals surface area contributed by atoms with E-state index in [1.807, 2.05) is 136 Å². The van der Waals surface area contributed by atoms with Gasteiger partial charge in [0.1, 0.15) is 42.7 Å². The molecule has 3 heterocycles. The zero-order valence-corrected chi connectivity index (χ0v) is 36.3. The number of carbonyl (C=O) groups is 3. The minimum Gasteiger partial charge on any atom is -0.457 e. The molecule has 2 aliphatic heterocycles. The Morgan fingerprint density at radius 2 is 1.43 bits per heavy atom. The summed E-state index contributed by atoms with van der Waals surface area (Å²) in [5.74, 6) is -1.89. The van der Waals surface area contributed by atoms with Gasteiger partial charge in [0.15, 0.2) is 12.1 Å². The van der Waals surface area contributed by atoms with Gasteiger partial charge in [-0.25, -0.2) is 9.69 Å². The molecule has 7 rings (SSSR count). The standard InChI is InChI=1S/C51H57NO11/c1-33(2)41-32-61-51(56)52(41)49(55)40(27-35-17-8-5-9-18-35)45(54)43-28-39(38-23-14-16-34(3)26-38)42(62-43)24-15-25-58-48-47(60-31-37-21-12-7-13-22-37)46(44(29-53)63-50(48)57-4)59-30-36-19-10-6-11-20-36/h5-14,16-23,26,28,33,40-41,44,46-48,50,53H,15,24-25,27,29-32H2,1-4H3/t40-,41+,44+,46+,47-,48-,50-/m0/s1. The number of rotatable bonds is 20. The van der Waals surface area contributed by atoms with Gasteiger partial charge in [0, 0.05) is 25.7 Å². The van der Waals surface area contributed by atoms with Crippen molar-refractivity contribution in [2.24, 2.45) is 11.8 Å². The van der Waals surface area contributed by atoms with Crippen LogP contribution in [0.3, 0.4) is 0 Å². The largest absolute Gasteiger partial charge is 0.457 e. The van der Waals surface area contributed by atoms with Gasteiger partial charge in [-0.1, -0.05) is 135 Å². The average molecular weight is 860 g/mol. The molecule has 1 N–H and O–H groups in total. The summed E-state index contributed by atoms with van der Waals surface area (Å²) in [5.41, 5.74) is 5.27. The molecule has 5 aromatic rings. The molecule has 0 unspecified atom stereocenters. The fraction of sp³-hybridized carbons (Fsp3) is 0.392. The molecule has 332 valence electrons. The van der Waals surface area contributed by atoms with Crippen molar-refractivity contribution in [2.45, 2.75) is 90.0 Å². The summed E-state index contributed by atoms with van der Waals surface area (Å²) in [7, 11) is 1.52. The molecule has 1 aromatic heterocycles. The number of ketones is 1. The number of hydrogen-bond acceptors (Lipinski definition) is 11. The molecule has 4 aromatic carbocycles. The summed E-state index contributed by atoms with van der Waals surface area (Å²) >= 11 is 0. The van der Waals surface area contributed by atoms with Crippen LogP contribution in [-0.2, 0) is 59.3 Å². The molecule has 0 saturated carbocycles. The highest BCUT2D eigenvalue weighted by Gasteiger charge is 2.49. The van der Waals surface area contributed by atoms with Crippen LogP contribution in [0, 0.1) is 18.8 Å². The molecule has 63 heavy (non-hydrogen) atoms. The third-order valence-corrected chi connectivity index (χ3v) is 11.6. The van der Waals surface area contributed by atoms with Crippen molar-refractivity contribution in [2.75, 3.05) is 26.9 Å². The second-order valence-corrected chi connectivity index (χ2v) is 16.4. The third-order valence-electron chi connectivity index (χ3n) is 11.6. The Labute approximate surface area is 369 Å². The van der Waals surface area contributed by atoms with Crippen molar-refractivity contribution in [1.29, 1.82) is 0 Å². The zero-order valence-electron chi connectivity index (χ0n) is 36.3. The maximum absolute atomic E-state index is 14.6. The van der Waals surface area contributed by atoms with Crippen molar-refractivity contribution in [1.82, 2.24) is 4.90 Å². The van der Waals surface area contributed by atoms with Crippen molar-refractivity contribution < 1.29 is 52.3 Å². The zero-order chi connectivity index (χ0) is 44.3. The lowest BCUT2D eigenvalue weighted by Crippen LogP contribution is -2.61. The lowest BCUT2D eigenvalue weighted by molar-refractivity contribution is -0.319. The molecule has 0 spiro atoms. The van der Waals surface area contributed by atoms with Crippen LogP contribution in [0.4, 0.5) is 4.79 Å². The Hall–Kier alpha value is -5.47. The van der Waals surface area contributed by atoms with Gasteiger partial charge in [-0.2, -0.15) is 0 Å². The van der Waals surface area contributed by atoms with Gasteiger partial charge in [-0.15, -0.1) is 0 Å². The van der Waals surface area contributed by atoms with Crippen molar-refractivity contribution in [3.05, 3.63) is 155 Å². The van der Waals surface area contributed by atoms with Crippen LogP contribution in [0.5, 0.6) is 0 Å². The van der Waals surface area contributed by atoms with Crippen LogP contribution in [0.15, 0.2) is 126 Å². The molecule has 2 aliphatic rings. The van der Waals surface area contributed by atoms with Gasteiger partial charge >= 0.3 is 6.09 Å². The molecule has 2 saturated heterocycles.